The molecule has 0 saturated heterocycles. The molecule has 0 radical (unpaired) electrons. The summed E-state index contributed by atoms with van der Waals surface area (Å²) in [5, 5.41) is 0.712. The number of para-hydroxylation sites is 1. The Balaban J connectivity index is 2.44. The van der Waals surface area contributed by atoms with Gasteiger partial charge < -0.3 is 9.72 Å². The first-order valence-corrected chi connectivity index (χ1v) is 6.16. The van der Waals surface area contributed by atoms with Gasteiger partial charge in [-0.3, -0.25) is 4.79 Å². The van der Waals surface area contributed by atoms with E-state index in [-0.39, 0.29) is 17.1 Å². The molecule has 0 aliphatic rings. The first-order chi connectivity index (χ1) is 8.37. The van der Waals surface area contributed by atoms with E-state index < -0.39 is 0 Å². The second kappa shape index (κ2) is 4.58. The van der Waals surface area contributed by atoms with Crippen LogP contribution in [0.5, 0.6) is 0 Å². The molecule has 1 N–H and O–H groups in total. The fourth-order valence-corrected chi connectivity index (χ4v) is 2.03. The Hall–Kier alpha value is -1.61. The Labute approximate surface area is 107 Å². The standard InChI is InChI=1S/C15H19NO2/c1-10(18-15(2,3)4)13-9-14(17)11-7-5-6-8-12(11)16-13/h5-10H,1-4H3,(H,16,17). The summed E-state index contributed by atoms with van der Waals surface area (Å²) in [6, 6.07) is 9.14. The van der Waals surface area contributed by atoms with Crippen molar-refractivity contribution in [2.45, 2.75) is 39.4 Å². The lowest BCUT2D eigenvalue weighted by molar-refractivity contribution is -0.0546. The maximum Gasteiger partial charge on any atom is 0.189 e. The summed E-state index contributed by atoms with van der Waals surface area (Å²) >= 11 is 0. The number of ether oxygens (including phenoxy) is 1. The minimum atomic E-state index is -0.234. The maximum absolute atomic E-state index is 12.0. The van der Waals surface area contributed by atoms with Crippen LogP contribution < -0.4 is 5.43 Å². The van der Waals surface area contributed by atoms with Gasteiger partial charge in [-0.2, -0.15) is 0 Å². The van der Waals surface area contributed by atoms with Gasteiger partial charge in [-0.15, -0.1) is 0 Å². The van der Waals surface area contributed by atoms with E-state index in [1.807, 2.05) is 52.0 Å². The van der Waals surface area contributed by atoms with Gasteiger partial charge in [0.15, 0.2) is 5.43 Å². The van der Waals surface area contributed by atoms with Crippen LogP contribution in [0, 0.1) is 0 Å². The lowest BCUT2D eigenvalue weighted by Crippen LogP contribution is -2.22. The molecule has 0 aliphatic heterocycles. The number of benzene rings is 1. The summed E-state index contributed by atoms with van der Waals surface area (Å²) in [4.78, 5) is 15.3. The molecule has 18 heavy (non-hydrogen) atoms. The summed E-state index contributed by atoms with van der Waals surface area (Å²) in [6.45, 7) is 7.96. The van der Waals surface area contributed by atoms with Crippen LogP contribution in [0.15, 0.2) is 35.1 Å². The Kier molecular flexibility index (Phi) is 3.26. The first kappa shape index (κ1) is 12.8. The molecule has 1 atom stereocenters. The maximum atomic E-state index is 12.0. The van der Waals surface area contributed by atoms with E-state index in [9.17, 15) is 4.79 Å². The lowest BCUT2D eigenvalue weighted by atomic mass is 10.1. The highest BCUT2D eigenvalue weighted by atomic mass is 16.5. The SMILES string of the molecule is CC(OC(C)(C)C)c1cc(=O)c2ccccc2[nH]1. The molecule has 1 unspecified atom stereocenters. The van der Waals surface area contributed by atoms with Crippen LogP contribution >= 0.6 is 0 Å². The fraction of sp³-hybridized carbons (Fsp3) is 0.400. The fourth-order valence-electron chi connectivity index (χ4n) is 2.03. The van der Waals surface area contributed by atoms with Crippen LogP contribution in [0.4, 0.5) is 0 Å². The zero-order valence-corrected chi connectivity index (χ0v) is 11.3. The van der Waals surface area contributed by atoms with Crippen LogP contribution in [0.25, 0.3) is 10.9 Å². The van der Waals surface area contributed by atoms with Gasteiger partial charge in [0.25, 0.3) is 0 Å². The zero-order chi connectivity index (χ0) is 13.3. The highest BCUT2D eigenvalue weighted by Gasteiger charge is 2.17. The van der Waals surface area contributed by atoms with Crippen LogP contribution in [0.2, 0.25) is 0 Å². The molecule has 1 heterocycles. The number of fused-ring (bicyclic) bond motifs is 1. The predicted octanol–water partition coefficient (Wildman–Crippen LogP) is 3.40. The first-order valence-electron chi connectivity index (χ1n) is 6.16. The Morgan fingerprint density at radius 1 is 1.22 bits per heavy atom. The van der Waals surface area contributed by atoms with Gasteiger partial charge in [-0.05, 0) is 39.8 Å². The van der Waals surface area contributed by atoms with Crippen LogP contribution in [0.3, 0.4) is 0 Å². The number of H-pyrrole nitrogens is 1. The number of nitrogens with one attached hydrogen (secondary N) is 1. The lowest BCUT2D eigenvalue weighted by Gasteiger charge is -2.25. The second-order valence-electron chi connectivity index (χ2n) is 5.51. The predicted molar refractivity (Wildman–Crippen MR) is 73.8 cm³/mol. The smallest absolute Gasteiger partial charge is 0.189 e. The molecule has 0 amide bonds. The molecule has 2 rings (SSSR count). The molecule has 0 fully saturated rings. The summed E-state index contributed by atoms with van der Waals surface area (Å²) < 4.78 is 5.86. The molecule has 1 aromatic carbocycles. The highest BCUT2D eigenvalue weighted by molar-refractivity contribution is 5.78. The van der Waals surface area contributed by atoms with Crippen molar-refractivity contribution >= 4 is 10.9 Å². The highest BCUT2D eigenvalue weighted by Crippen LogP contribution is 2.22. The van der Waals surface area contributed by atoms with Crippen LogP contribution in [0.1, 0.15) is 39.5 Å². The van der Waals surface area contributed by atoms with Crippen molar-refractivity contribution in [3.63, 3.8) is 0 Å². The third kappa shape index (κ3) is 2.79. The molecule has 3 heteroatoms. The van der Waals surface area contributed by atoms with Crippen molar-refractivity contribution in [3.05, 3.63) is 46.2 Å². The molecule has 0 saturated carbocycles. The number of rotatable bonds is 2. The molecule has 3 nitrogen and oxygen atoms in total. The van der Waals surface area contributed by atoms with Gasteiger partial charge in [-0.1, -0.05) is 12.1 Å². The number of aromatic amines is 1. The third-order valence-corrected chi connectivity index (χ3v) is 2.73. The summed E-state index contributed by atoms with van der Waals surface area (Å²) in [6.07, 6.45) is -0.137. The Morgan fingerprint density at radius 3 is 2.56 bits per heavy atom. The summed E-state index contributed by atoms with van der Waals surface area (Å²) in [5.41, 5.74) is 1.46. The molecule has 0 bridgehead atoms. The van der Waals surface area contributed by atoms with E-state index in [0.29, 0.717) is 5.39 Å². The average molecular weight is 245 g/mol. The van der Waals surface area contributed by atoms with E-state index in [0.717, 1.165) is 11.2 Å². The quantitative estimate of drug-likeness (QED) is 0.881. The zero-order valence-electron chi connectivity index (χ0n) is 11.3. The van der Waals surface area contributed by atoms with E-state index in [4.69, 9.17) is 4.74 Å². The normalized spacial score (nSPS) is 13.8. The van der Waals surface area contributed by atoms with Crippen LogP contribution in [-0.4, -0.2) is 10.6 Å². The molecule has 1 aromatic heterocycles. The van der Waals surface area contributed by atoms with Gasteiger partial charge in [0.2, 0.25) is 0 Å². The van der Waals surface area contributed by atoms with Crippen molar-refractivity contribution in [2.75, 3.05) is 0 Å². The average Bonchev–Trinajstić information content (AvgIpc) is 2.26. The number of hydrogen-bond acceptors (Lipinski definition) is 2. The van der Waals surface area contributed by atoms with E-state index >= 15 is 0 Å². The topological polar surface area (TPSA) is 42.1 Å². The monoisotopic (exact) mass is 245 g/mol. The minimum absolute atomic E-state index is 0.0312. The van der Waals surface area contributed by atoms with Gasteiger partial charge >= 0.3 is 0 Å². The Bertz CT molecular complexity index is 608. The minimum Gasteiger partial charge on any atom is -0.367 e. The third-order valence-electron chi connectivity index (χ3n) is 2.73. The molecule has 96 valence electrons. The Morgan fingerprint density at radius 2 is 1.89 bits per heavy atom. The largest absolute Gasteiger partial charge is 0.367 e. The van der Waals surface area contributed by atoms with Crippen molar-refractivity contribution in [2.24, 2.45) is 0 Å². The molecular formula is C15H19NO2. The van der Waals surface area contributed by atoms with Crippen molar-refractivity contribution in [3.8, 4) is 0 Å². The summed E-state index contributed by atoms with van der Waals surface area (Å²) in [5.74, 6) is 0. The van der Waals surface area contributed by atoms with Gasteiger partial charge in [0.05, 0.1) is 11.7 Å². The van der Waals surface area contributed by atoms with E-state index in [2.05, 4.69) is 4.98 Å². The summed E-state index contributed by atoms with van der Waals surface area (Å²) in [7, 11) is 0. The van der Waals surface area contributed by atoms with E-state index in [1.165, 1.54) is 0 Å². The van der Waals surface area contributed by atoms with E-state index in [1.54, 1.807) is 6.07 Å². The number of hydrogen-bond donors (Lipinski definition) is 1. The van der Waals surface area contributed by atoms with Gasteiger partial charge in [-0.25, -0.2) is 0 Å². The van der Waals surface area contributed by atoms with Gasteiger partial charge in [0, 0.05) is 22.7 Å². The van der Waals surface area contributed by atoms with Crippen molar-refractivity contribution in [1.29, 1.82) is 0 Å². The van der Waals surface area contributed by atoms with Crippen molar-refractivity contribution < 1.29 is 4.74 Å². The van der Waals surface area contributed by atoms with Crippen molar-refractivity contribution in [1.82, 2.24) is 4.98 Å². The molecular weight excluding hydrogens is 226 g/mol. The second-order valence-corrected chi connectivity index (χ2v) is 5.51. The van der Waals surface area contributed by atoms with Crippen LogP contribution in [-0.2, 0) is 4.74 Å². The molecule has 0 spiro atoms. The molecule has 0 aliphatic carbocycles. The molecule has 2 aromatic rings. The number of pyridine rings is 1. The number of aromatic nitrogens is 1. The van der Waals surface area contributed by atoms with Gasteiger partial charge in [0.1, 0.15) is 0 Å².